The Hall–Kier alpha value is -0.300. The number of rotatable bonds is 3. The summed E-state index contributed by atoms with van der Waals surface area (Å²) in [5.41, 5.74) is 1.43. The van der Waals surface area contributed by atoms with Gasteiger partial charge >= 0.3 is 0 Å². The summed E-state index contributed by atoms with van der Waals surface area (Å²) in [6.07, 6.45) is 8.18. The Kier molecular flexibility index (Phi) is 2.73. The molecule has 1 nitrogen and oxygen atoms in total. The van der Waals surface area contributed by atoms with E-state index < -0.39 is 0 Å². The van der Waals surface area contributed by atoms with Crippen molar-refractivity contribution >= 4 is 0 Å². The van der Waals surface area contributed by atoms with Crippen molar-refractivity contribution in [1.82, 2.24) is 5.32 Å². The minimum atomic E-state index is 0.842. The Bertz CT molecular complexity index is 203. The Labute approximate surface area is 81.6 Å². The minimum absolute atomic E-state index is 0.842. The third-order valence-corrected chi connectivity index (χ3v) is 3.47. The first-order valence-corrected chi connectivity index (χ1v) is 5.64. The van der Waals surface area contributed by atoms with Crippen LogP contribution in [0.25, 0.3) is 0 Å². The van der Waals surface area contributed by atoms with E-state index in [2.05, 4.69) is 25.2 Å². The predicted octanol–water partition coefficient (Wildman–Crippen LogP) is 2.73. The SMILES string of the molecule is CC(C)=CCNC1CCCC2CC21. The predicted molar refractivity (Wildman–Crippen MR) is 56.7 cm³/mol. The van der Waals surface area contributed by atoms with Gasteiger partial charge in [-0.15, -0.1) is 0 Å². The number of allylic oxidation sites excluding steroid dienone is 1. The van der Waals surface area contributed by atoms with Crippen molar-refractivity contribution in [3.05, 3.63) is 11.6 Å². The van der Waals surface area contributed by atoms with Gasteiger partial charge in [-0.2, -0.15) is 0 Å². The first-order chi connectivity index (χ1) is 6.27. The van der Waals surface area contributed by atoms with Crippen LogP contribution in [0.4, 0.5) is 0 Å². The third-order valence-electron chi connectivity index (χ3n) is 3.47. The lowest BCUT2D eigenvalue weighted by Gasteiger charge is -2.22. The molecule has 0 bridgehead atoms. The first-order valence-electron chi connectivity index (χ1n) is 5.64. The Morgan fingerprint density at radius 2 is 2.23 bits per heavy atom. The molecule has 0 saturated heterocycles. The van der Waals surface area contributed by atoms with Crippen molar-refractivity contribution in [2.45, 2.75) is 45.6 Å². The van der Waals surface area contributed by atoms with Gasteiger partial charge in [-0.1, -0.05) is 24.5 Å². The third kappa shape index (κ3) is 2.34. The Morgan fingerprint density at radius 3 is 3.00 bits per heavy atom. The van der Waals surface area contributed by atoms with Gasteiger partial charge in [-0.3, -0.25) is 0 Å². The average molecular weight is 179 g/mol. The summed E-state index contributed by atoms with van der Waals surface area (Å²) >= 11 is 0. The number of hydrogen-bond donors (Lipinski definition) is 1. The second kappa shape index (κ2) is 3.83. The van der Waals surface area contributed by atoms with E-state index in [1.54, 1.807) is 0 Å². The molecule has 0 radical (unpaired) electrons. The molecule has 0 aromatic rings. The fourth-order valence-corrected chi connectivity index (χ4v) is 2.58. The molecule has 0 aliphatic heterocycles. The van der Waals surface area contributed by atoms with Gasteiger partial charge in [0.15, 0.2) is 0 Å². The van der Waals surface area contributed by atoms with Crippen LogP contribution < -0.4 is 5.32 Å². The van der Waals surface area contributed by atoms with Gasteiger partial charge in [-0.05, 0) is 38.5 Å². The van der Waals surface area contributed by atoms with E-state index in [9.17, 15) is 0 Å². The van der Waals surface area contributed by atoms with Gasteiger partial charge in [0, 0.05) is 12.6 Å². The van der Waals surface area contributed by atoms with Crippen LogP contribution in [-0.4, -0.2) is 12.6 Å². The number of hydrogen-bond acceptors (Lipinski definition) is 1. The van der Waals surface area contributed by atoms with E-state index >= 15 is 0 Å². The summed E-state index contributed by atoms with van der Waals surface area (Å²) in [5.74, 6) is 2.14. The van der Waals surface area contributed by atoms with Crippen LogP contribution in [0.5, 0.6) is 0 Å². The molecule has 13 heavy (non-hydrogen) atoms. The zero-order chi connectivity index (χ0) is 9.26. The highest BCUT2D eigenvalue weighted by Crippen LogP contribution is 2.49. The first kappa shape index (κ1) is 9.26. The van der Waals surface area contributed by atoms with Gasteiger partial charge in [0.05, 0.1) is 0 Å². The quantitative estimate of drug-likeness (QED) is 0.657. The van der Waals surface area contributed by atoms with E-state index in [-0.39, 0.29) is 0 Å². The summed E-state index contributed by atoms with van der Waals surface area (Å²) in [4.78, 5) is 0. The summed E-state index contributed by atoms with van der Waals surface area (Å²) < 4.78 is 0. The van der Waals surface area contributed by atoms with E-state index in [1.165, 1.54) is 31.3 Å². The highest BCUT2D eigenvalue weighted by Gasteiger charge is 2.44. The smallest absolute Gasteiger partial charge is 0.0140 e. The lowest BCUT2D eigenvalue weighted by Crippen LogP contribution is -2.33. The van der Waals surface area contributed by atoms with Crippen LogP contribution >= 0.6 is 0 Å². The molecule has 74 valence electrons. The summed E-state index contributed by atoms with van der Waals surface area (Å²) in [7, 11) is 0. The second-order valence-corrected chi connectivity index (χ2v) is 4.89. The molecule has 2 aliphatic carbocycles. The Morgan fingerprint density at radius 1 is 1.38 bits per heavy atom. The number of nitrogens with one attached hydrogen (secondary N) is 1. The molecule has 1 N–H and O–H groups in total. The van der Waals surface area contributed by atoms with Crippen molar-refractivity contribution in [1.29, 1.82) is 0 Å². The maximum absolute atomic E-state index is 3.67. The van der Waals surface area contributed by atoms with E-state index in [0.29, 0.717) is 0 Å². The highest BCUT2D eigenvalue weighted by molar-refractivity contribution is 5.00. The molecule has 2 saturated carbocycles. The Balaban J connectivity index is 1.72. The number of fused-ring (bicyclic) bond motifs is 1. The fourth-order valence-electron chi connectivity index (χ4n) is 2.58. The van der Waals surface area contributed by atoms with E-state index in [1.807, 2.05) is 0 Å². The zero-order valence-corrected chi connectivity index (χ0v) is 8.84. The molecular weight excluding hydrogens is 158 g/mol. The van der Waals surface area contributed by atoms with Gasteiger partial charge in [0.1, 0.15) is 0 Å². The van der Waals surface area contributed by atoms with Crippen LogP contribution in [0, 0.1) is 11.8 Å². The normalized spacial score (nSPS) is 36.6. The highest BCUT2D eigenvalue weighted by atomic mass is 14.9. The standard InChI is InChI=1S/C12H21N/c1-9(2)6-7-13-12-5-3-4-10-8-11(10)12/h6,10-13H,3-5,7-8H2,1-2H3. The maximum Gasteiger partial charge on any atom is 0.0140 e. The van der Waals surface area contributed by atoms with Gasteiger partial charge in [0.2, 0.25) is 0 Å². The van der Waals surface area contributed by atoms with Crippen molar-refractivity contribution in [2.75, 3.05) is 6.54 Å². The largest absolute Gasteiger partial charge is 0.310 e. The molecule has 0 aromatic heterocycles. The van der Waals surface area contributed by atoms with E-state index in [0.717, 1.165) is 24.4 Å². The van der Waals surface area contributed by atoms with Crippen LogP contribution in [0.2, 0.25) is 0 Å². The molecule has 2 aliphatic rings. The topological polar surface area (TPSA) is 12.0 Å². The van der Waals surface area contributed by atoms with Crippen molar-refractivity contribution in [2.24, 2.45) is 11.8 Å². The molecule has 2 fully saturated rings. The average Bonchev–Trinajstić information content (AvgIpc) is 2.82. The summed E-state index contributed by atoms with van der Waals surface area (Å²) in [6.45, 7) is 5.42. The van der Waals surface area contributed by atoms with Gasteiger partial charge in [-0.25, -0.2) is 0 Å². The maximum atomic E-state index is 3.67. The van der Waals surface area contributed by atoms with Crippen molar-refractivity contribution < 1.29 is 0 Å². The molecule has 3 unspecified atom stereocenters. The van der Waals surface area contributed by atoms with Crippen molar-refractivity contribution in [3.63, 3.8) is 0 Å². The van der Waals surface area contributed by atoms with Gasteiger partial charge < -0.3 is 5.32 Å². The van der Waals surface area contributed by atoms with Crippen molar-refractivity contribution in [3.8, 4) is 0 Å². The molecule has 0 spiro atoms. The van der Waals surface area contributed by atoms with Crippen LogP contribution in [0.3, 0.4) is 0 Å². The lowest BCUT2D eigenvalue weighted by atomic mass is 9.95. The molecule has 2 rings (SSSR count). The molecule has 0 amide bonds. The van der Waals surface area contributed by atoms with Gasteiger partial charge in [0.25, 0.3) is 0 Å². The monoisotopic (exact) mass is 179 g/mol. The zero-order valence-electron chi connectivity index (χ0n) is 8.84. The molecule has 1 heteroatoms. The fraction of sp³-hybridized carbons (Fsp3) is 0.833. The van der Waals surface area contributed by atoms with E-state index in [4.69, 9.17) is 0 Å². The molecule has 0 heterocycles. The van der Waals surface area contributed by atoms with Crippen LogP contribution in [-0.2, 0) is 0 Å². The molecule has 0 aromatic carbocycles. The summed E-state index contributed by atoms with van der Waals surface area (Å²) in [6, 6.07) is 0.842. The minimum Gasteiger partial charge on any atom is -0.310 e. The molecular formula is C12H21N. The van der Waals surface area contributed by atoms with Crippen LogP contribution in [0.1, 0.15) is 39.5 Å². The van der Waals surface area contributed by atoms with Crippen LogP contribution in [0.15, 0.2) is 11.6 Å². The second-order valence-electron chi connectivity index (χ2n) is 4.89. The molecule has 3 atom stereocenters. The summed E-state index contributed by atoms with van der Waals surface area (Å²) in [5, 5.41) is 3.67. The lowest BCUT2D eigenvalue weighted by molar-refractivity contribution is 0.364.